The van der Waals surface area contributed by atoms with Crippen molar-refractivity contribution in [1.29, 1.82) is 0 Å². The monoisotopic (exact) mass is 491 g/mol. The van der Waals surface area contributed by atoms with Crippen molar-refractivity contribution in [3.8, 4) is 10.4 Å². The number of piperidine rings is 1. The third-order valence-corrected chi connectivity index (χ3v) is 8.85. The second-order valence-electron chi connectivity index (χ2n) is 9.33. The van der Waals surface area contributed by atoms with Crippen LogP contribution in [-0.2, 0) is 0 Å². The number of benzene rings is 1. The molecule has 3 atom stereocenters. The van der Waals surface area contributed by atoms with Gasteiger partial charge in [0, 0.05) is 30.4 Å². The van der Waals surface area contributed by atoms with Crippen molar-refractivity contribution < 1.29 is 9.59 Å². The van der Waals surface area contributed by atoms with E-state index >= 15 is 0 Å². The number of aryl methyl sites for hydroxylation is 3. The Kier molecular flexibility index (Phi) is 5.07. The first kappa shape index (κ1) is 21.5. The Morgan fingerprint density at radius 3 is 2.85 bits per heavy atom. The second kappa shape index (κ2) is 8.02. The quantitative estimate of drug-likeness (QED) is 0.451. The number of fused-ring (bicyclic) bond motifs is 2. The minimum Gasteiger partial charge on any atom is -0.349 e. The van der Waals surface area contributed by atoms with Gasteiger partial charge in [-0.15, -0.1) is 22.7 Å². The maximum atomic E-state index is 13.7. The van der Waals surface area contributed by atoms with Crippen LogP contribution >= 0.6 is 22.7 Å². The molecule has 0 spiro atoms. The van der Waals surface area contributed by atoms with Gasteiger partial charge in [0.25, 0.3) is 11.8 Å². The summed E-state index contributed by atoms with van der Waals surface area (Å²) in [5.41, 5.74) is 4.17. The molecule has 1 saturated heterocycles. The maximum Gasteiger partial charge on any atom is 0.274 e. The Bertz CT molecular complexity index is 1430. The number of likely N-dealkylation sites (tertiary alicyclic amines) is 1. The largest absolute Gasteiger partial charge is 0.349 e. The molecule has 2 fully saturated rings. The lowest BCUT2D eigenvalue weighted by Crippen LogP contribution is -2.45. The standard InChI is InChI=1S/C25H25N5O2S2/c1-13-5-4-6-16(7-13)22-21(27-15(3)34-22)24(32)30-10-17-8-18(17)20(30)9-26-23(31)19-11-29-14(2)12-33-25(29)28-19/h4-7,11-12,17-18,20H,8-10H2,1-3H3,(H,26,31)/t17-,18-,20-/m1/s1. The molecular formula is C25H25N5O2S2. The van der Waals surface area contributed by atoms with Gasteiger partial charge >= 0.3 is 0 Å². The van der Waals surface area contributed by atoms with Gasteiger partial charge in [0.2, 0.25) is 0 Å². The van der Waals surface area contributed by atoms with Crippen LogP contribution in [0.1, 0.15) is 43.7 Å². The number of thiazole rings is 2. The molecule has 34 heavy (non-hydrogen) atoms. The van der Waals surface area contributed by atoms with Crippen LogP contribution in [0, 0.1) is 32.6 Å². The van der Waals surface area contributed by atoms with Crippen LogP contribution in [0.15, 0.2) is 35.8 Å². The van der Waals surface area contributed by atoms with E-state index in [0.29, 0.717) is 29.8 Å². The maximum absolute atomic E-state index is 13.7. The lowest BCUT2D eigenvalue weighted by atomic mass is 10.1. The number of hydrogen-bond acceptors (Lipinski definition) is 6. The molecule has 9 heteroatoms. The van der Waals surface area contributed by atoms with E-state index in [1.165, 1.54) is 11.3 Å². The minimum absolute atomic E-state index is 0.0146. The van der Waals surface area contributed by atoms with Gasteiger partial charge in [-0.3, -0.25) is 14.0 Å². The number of nitrogens with zero attached hydrogens (tertiary/aromatic N) is 4. The number of imidazole rings is 1. The van der Waals surface area contributed by atoms with E-state index in [9.17, 15) is 9.59 Å². The predicted molar refractivity (Wildman–Crippen MR) is 134 cm³/mol. The first-order valence-corrected chi connectivity index (χ1v) is 13.2. The third kappa shape index (κ3) is 3.63. The molecule has 1 aromatic carbocycles. The number of nitrogens with one attached hydrogen (secondary N) is 1. The summed E-state index contributed by atoms with van der Waals surface area (Å²) in [6.07, 6.45) is 2.89. The van der Waals surface area contributed by atoms with E-state index in [0.717, 1.165) is 44.6 Å². The average molecular weight is 492 g/mol. The molecule has 6 rings (SSSR count). The lowest BCUT2D eigenvalue weighted by molar-refractivity contribution is 0.0690. The first-order chi connectivity index (χ1) is 16.4. The van der Waals surface area contributed by atoms with Gasteiger partial charge in [0.15, 0.2) is 4.96 Å². The van der Waals surface area contributed by atoms with Gasteiger partial charge < -0.3 is 10.2 Å². The summed E-state index contributed by atoms with van der Waals surface area (Å²) >= 11 is 3.08. The second-order valence-corrected chi connectivity index (χ2v) is 11.4. The van der Waals surface area contributed by atoms with Crippen LogP contribution in [0.2, 0.25) is 0 Å². The molecule has 2 aliphatic rings. The molecule has 174 valence electrons. The lowest BCUT2D eigenvalue weighted by Gasteiger charge is -2.27. The summed E-state index contributed by atoms with van der Waals surface area (Å²) in [6, 6.07) is 8.18. The fraction of sp³-hybridized carbons (Fsp3) is 0.360. The zero-order valence-corrected chi connectivity index (χ0v) is 20.9. The summed E-state index contributed by atoms with van der Waals surface area (Å²) in [5, 5.41) is 5.94. The highest BCUT2D eigenvalue weighted by atomic mass is 32.1. The van der Waals surface area contributed by atoms with Crippen LogP contribution in [0.25, 0.3) is 15.4 Å². The zero-order valence-electron chi connectivity index (χ0n) is 19.2. The molecule has 0 unspecified atom stereocenters. The minimum atomic E-state index is -0.197. The van der Waals surface area contributed by atoms with E-state index in [-0.39, 0.29) is 17.9 Å². The van der Waals surface area contributed by atoms with E-state index in [1.54, 1.807) is 17.5 Å². The molecule has 2 amide bonds. The molecule has 1 N–H and O–H groups in total. The molecule has 1 aliphatic heterocycles. The Morgan fingerprint density at radius 2 is 2.06 bits per heavy atom. The van der Waals surface area contributed by atoms with Crippen molar-refractivity contribution in [2.45, 2.75) is 33.2 Å². The Labute approximate surface area is 205 Å². The Balaban J connectivity index is 1.21. The number of carbonyl (C=O) groups is 2. The van der Waals surface area contributed by atoms with Crippen LogP contribution in [-0.4, -0.2) is 50.2 Å². The van der Waals surface area contributed by atoms with Crippen molar-refractivity contribution in [2.24, 2.45) is 11.8 Å². The number of rotatable bonds is 5. The first-order valence-electron chi connectivity index (χ1n) is 11.5. The molecule has 1 aliphatic carbocycles. The van der Waals surface area contributed by atoms with Crippen molar-refractivity contribution in [3.05, 3.63) is 63.5 Å². The van der Waals surface area contributed by atoms with E-state index in [4.69, 9.17) is 0 Å². The number of amides is 2. The molecule has 4 heterocycles. The smallest absolute Gasteiger partial charge is 0.274 e. The van der Waals surface area contributed by atoms with Gasteiger partial charge in [0.05, 0.1) is 15.9 Å². The van der Waals surface area contributed by atoms with Gasteiger partial charge in [-0.05, 0) is 44.6 Å². The fourth-order valence-corrected chi connectivity index (χ4v) is 6.81. The summed E-state index contributed by atoms with van der Waals surface area (Å²) < 4.78 is 1.93. The fourth-order valence-electron chi connectivity index (χ4n) is 5.05. The van der Waals surface area contributed by atoms with Crippen molar-refractivity contribution in [3.63, 3.8) is 0 Å². The molecule has 4 aromatic rings. The average Bonchev–Trinajstić information content (AvgIpc) is 3.17. The highest BCUT2D eigenvalue weighted by Gasteiger charge is 2.54. The third-order valence-electron chi connectivity index (χ3n) is 6.87. The van der Waals surface area contributed by atoms with Crippen LogP contribution < -0.4 is 5.32 Å². The number of hydrogen-bond donors (Lipinski definition) is 1. The van der Waals surface area contributed by atoms with E-state index < -0.39 is 0 Å². The van der Waals surface area contributed by atoms with Crippen LogP contribution in [0.4, 0.5) is 0 Å². The van der Waals surface area contributed by atoms with E-state index in [1.807, 2.05) is 40.7 Å². The number of aromatic nitrogens is 3. The molecule has 3 aromatic heterocycles. The van der Waals surface area contributed by atoms with Gasteiger partial charge in [-0.25, -0.2) is 9.97 Å². The summed E-state index contributed by atoms with van der Waals surface area (Å²) in [6.45, 7) is 7.15. The van der Waals surface area contributed by atoms with E-state index in [2.05, 4.69) is 34.3 Å². The molecule has 7 nitrogen and oxygen atoms in total. The summed E-state index contributed by atoms with van der Waals surface area (Å²) in [7, 11) is 0. The summed E-state index contributed by atoms with van der Waals surface area (Å²) in [4.78, 5) is 39.3. The van der Waals surface area contributed by atoms with Crippen molar-refractivity contribution >= 4 is 39.4 Å². The Hall–Kier alpha value is -3.04. The topological polar surface area (TPSA) is 79.6 Å². The Morgan fingerprint density at radius 1 is 1.21 bits per heavy atom. The van der Waals surface area contributed by atoms with Crippen LogP contribution in [0.5, 0.6) is 0 Å². The van der Waals surface area contributed by atoms with Gasteiger partial charge in [0.1, 0.15) is 11.4 Å². The highest BCUT2D eigenvalue weighted by molar-refractivity contribution is 7.15. The number of carbonyl (C=O) groups excluding carboxylic acids is 2. The zero-order chi connectivity index (χ0) is 23.6. The van der Waals surface area contributed by atoms with Crippen molar-refractivity contribution in [2.75, 3.05) is 13.1 Å². The highest BCUT2D eigenvalue weighted by Crippen LogP contribution is 2.50. The molecule has 0 radical (unpaired) electrons. The van der Waals surface area contributed by atoms with Crippen LogP contribution in [0.3, 0.4) is 0 Å². The SMILES string of the molecule is Cc1cccc(-c2sc(C)nc2C(=O)N2C[C@H]3C[C@H]3[C@H]2CNC(=O)c2cn3c(C)csc3n2)c1. The van der Waals surface area contributed by atoms with Gasteiger partial charge in [-0.2, -0.15) is 0 Å². The van der Waals surface area contributed by atoms with Gasteiger partial charge in [-0.1, -0.05) is 29.8 Å². The molecule has 0 bridgehead atoms. The molecule has 1 saturated carbocycles. The predicted octanol–water partition coefficient (Wildman–Crippen LogP) is 4.34. The summed E-state index contributed by atoms with van der Waals surface area (Å²) in [5.74, 6) is 0.731. The molecular weight excluding hydrogens is 466 g/mol. The normalized spacial score (nSPS) is 21.1. The van der Waals surface area contributed by atoms with Crippen molar-refractivity contribution in [1.82, 2.24) is 24.6 Å².